The lowest BCUT2D eigenvalue weighted by atomic mass is 10.1. The molecule has 0 unspecified atom stereocenters. The Morgan fingerprint density at radius 2 is 1.48 bits per heavy atom. The van der Waals surface area contributed by atoms with Gasteiger partial charge in [0.2, 0.25) is 5.95 Å². The van der Waals surface area contributed by atoms with Crippen molar-refractivity contribution >= 4 is 35.0 Å². The highest BCUT2D eigenvalue weighted by molar-refractivity contribution is 6.32. The molecule has 7 nitrogen and oxygen atoms in total. The Morgan fingerprint density at radius 3 is 2.09 bits per heavy atom. The van der Waals surface area contributed by atoms with Crippen molar-refractivity contribution in [3.63, 3.8) is 0 Å². The molecule has 0 saturated heterocycles. The van der Waals surface area contributed by atoms with Gasteiger partial charge in [0.25, 0.3) is 0 Å². The van der Waals surface area contributed by atoms with E-state index in [0.29, 0.717) is 33.2 Å². The van der Waals surface area contributed by atoms with E-state index in [4.69, 9.17) is 48.9 Å². The van der Waals surface area contributed by atoms with Crippen LogP contribution in [0.2, 0.25) is 10.0 Å². The number of halogens is 2. The molecule has 2 saturated carbocycles. The third-order valence-electron chi connectivity index (χ3n) is 5.55. The van der Waals surface area contributed by atoms with E-state index >= 15 is 0 Å². The van der Waals surface area contributed by atoms with E-state index in [0.717, 1.165) is 30.1 Å². The molecule has 5 rings (SSSR count). The van der Waals surface area contributed by atoms with Gasteiger partial charge in [-0.05, 0) is 61.3 Å². The van der Waals surface area contributed by atoms with Gasteiger partial charge in [0, 0.05) is 11.6 Å². The largest absolute Gasteiger partial charge is 0.495 e. The van der Waals surface area contributed by atoms with E-state index in [1.54, 1.807) is 20.3 Å². The second-order valence-corrected chi connectivity index (χ2v) is 8.86. The van der Waals surface area contributed by atoms with Gasteiger partial charge in [0.15, 0.2) is 11.6 Å². The highest BCUT2D eigenvalue weighted by atomic mass is 35.5. The number of anilines is 2. The quantitative estimate of drug-likeness (QED) is 0.425. The molecule has 2 aliphatic carbocycles. The molecule has 2 aliphatic rings. The molecular weight excluding hydrogens is 463 g/mol. The van der Waals surface area contributed by atoms with Crippen LogP contribution in [-0.2, 0) is 0 Å². The van der Waals surface area contributed by atoms with Crippen molar-refractivity contribution in [1.82, 2.24) is 9.97 Å². The van der Waals surface area contributed by atoms with Gasteiger partial charge in [0.05, 0.1) is 30.5 Å². The maximum Gasteiger partial charge on any atom is 0.222 e. The molecule has 0 bridgehead atoms. The number of rotatable bonds is 6. The predicted molar refractivity (Wildman–Crippen MR) is 131 cm³/mol. The molecule has 1 heterocycles. The Bertz CT molecular complexity index is 1150. The number of methoxy groups -OCH3 is 2. The Hall–Kier alpha value is -2.90. The summed E-state index contributed by atoms with van der Waals surface area (Å²) in [6.45, 7) is 0. The Labute approximate surface area is 203 Å². The lowest BCUT2D eigenvalue weighted by Gasteiger charge is -2.14. The minimum Gasteiger partial charge on any atom is -0.495 e. The van der Waals surface area contributed by atoms with E-state index in [1.807, 2.05) is 18.2 Å². The summed E-state index contributed by atoms with van der Waals surface area (Å²) >= 11 is 12.1. The summed E-state index contributed by atoms with van der Waals surface area (Å²) in [6, 6.07) is 9.67. The SMILES string of the molecule is COc1cc(C2CC2)c(Oc2cnc(N)nc2N)cc1Cl.COc1cc(C2CC2)ccc1Cl. The fraction of sp³-hybridized carbons (Fsp3) is 0.333. The third-order valence-corrected chi connectivity index (χ3v) is 6.15. The third kappa shape index (κ3) is 5.72. The second-order valence-electron chi connectivity index (χ2n) is 8.05. The molecule has 0 aliphatic heterocycles. The molecule has 0 atom stereocenters. The smallest absolute Gasteiger partial charge is 0.222 e. The van der Waals surface area contributed by atoms with E-state index < -0.39 is 0 Å². The van der Waals surface area contributed by atoms with Crippen LogP contribution in [-0.4, -0.2) is 24.2 Å². The highest BCUT2D eigenvalue weighted by Gasteiger charge is 2.29. The van der Waals surface area contributed by atoms with Crippen LogP contribution in [0.5, 0.6) is 23.0 Å². The maximum absolute atomic E-state index is 6.17. The summed E-state index contributed by atoms with van der Waals surface area (Å²) < 4.78 is 16.2. The summed E-state index contributed by atoms with van der Waals surface area (Å²) in [5, 5.41) is 1.17. The zero-order valence-corrected chi connectivity index (χ0v) is 20.0. The molecule has 0 radical (unpaired) electrons. The standard InChI is InChI=1S/C14H15ClN4O2.C10H11ClO/c1-20-11-4-8(7-2-3-7)10(5-9(11)15)21-12-6-18-14(17)19-13(12)16;1-12-10-6-8(7-2-3-7)4-5-9(10)11/h4-7H,2-3H2,1H3,(H4,16,17,18,19);4-7H,2-3H2,1H3. The molecule has 3 aromatic rings. The summed E-state index contributed by atoms with van der Waals surface area (Å²) in [7, 11) is 3.24. The lowest BCUT2D eigenvalue weighted by Crippen LogP contribution is -2.02. The van der Waals surface area contributed by atoms with Gasteiger partial charge in [-0.2, -0.15) is 4.98 Å². The molecule has 33 heavy (non-hydrogen) atoms. The van der Waals surface area contributed by atoms with Crippen LogP contribution in [0.4, 0.5) is 11.8 Å². The Kier molecular flexibility index (Phi) is 7.00. The number of ether oxygens (including phenoxy) is 3. The number of nitrogens with zero attached hydrogens (tertiary/aromatic N) is 2. The van der Waals surface area contributed by atoms with Gasteiger partial charge in [-0.15, -0.1) is 0 Å². The second kappa shape index (κ2) is 9.93. The van der Waals surface area contributed by atoms with Gasteiger partial charge < -0.3 is 25.7 Å². The van der Waals surface area contributed by atoms with Crippen LogP contribution in [0, 0.1) is 0 Å². The van der Waals surface area contributed by atoms with Crippen LogP contribution in [0.3, 0.4) is 0 Å². The lowest BCUT2D eigenvalue weighted by molar-refractivity contribution is 0.412. The van der Waals surface area contributed by atoms with Crippen molar-refractivity contribution in [2.24, 2.45) is 0 Å². The maximum atomic E-state index is 6.17. The van der Waals surface area contributed by atoms with Crippen LogP contribution in [0.15, 0.2) is 36.5 Å². The van der Waals surface area contributed by atoms with Crippen LogP contribution >= 0.6 is 23.2 Å². The fourth-order valence-corrected chi connectivity index (χ4v) is 3.88. The molecule has 4 N–H and O–H groups in total. The van der Waals surface area contributed by atoms with E-state index in [2.05, 4.69) is 16.0 Å². The summed E-state index contributed by atoms with van der Waals surface area (Å²) in [5.74, 6) is 3.94. The first-order valence-electron chi connectivity index (χ1n) is 10.7. The number of aromatic nitrogens is 2. The number of hydrogen-bond acceptors (Lipinski definition) is 7. The topological polar surface area (TPSA) is 106 Å². The molecule has 0 amide bonds. The average Bonchev–Trinajstić information content (AvgIpc) is 3.70. The van der Waals surface area contributed by atoms with Gasteiger partial charge in [-0.25, -0.2) is 4.98 Å². The zero-order chi connectivity index (χ0) is 23.5. The van der Waals surface area contributed by atoms with Crippen LogP contribution < -0.4 is 25.7 Å². The van der Waals surface area contributed by atoms with E-state index in [-0.39, 0.29) is 11.8 Å². The summed E-state index contributed by atoms with van der Waals surface area (Å²) in [6.07, 6.45) is 6.31. The van der Waals surface area contributed by atoms with Gasteiger partial charge in [-0.1, -0.05) is 29.3 Å². The minimum atomic E-state index is 0.107. The van der Waals surface area contributed by atoms with Gasteiger partial charge >= 0.3 is 0 Å². The Morgan fingerprint density at radius 1 is 0.818 bits per heavy atom. The predicted octanol–water partition coefficient (Wildman–Crippen LogP) is 6.20. The first-order valence-corrected chi connectivity index (χ1v) is 11.4. The van der Waals surface area contributed by atoms with Crippen molar-refractivity contribution in [2.75, 3.05) is 25.7 Å². The molecule has 174 valence electrons. The van der Waals surface area contributed by atoms with Crippen molar-refractivity contribution < 1.29 is 14.2 Å². The summed E-state index contributed by atoms with van der Waals surface area (Å²) in [5.41, 5.74) is 13.7. The first kappa shape index (κ1) is 23.3. The van der Waals surface area contributed by atoms with E-state index in [1.165, 1.54) is 24.6 Å². The van der Waals surface area contributed by atoms with Crippen molar-refractivity contribution in [1.29, 1.82) is 0 Å². The Balaban J connectivity index is 0.000000183. The minimum absolute atomic E-state index is 0.107. The van der Waals surface area contributed by atoms with Crippen LogP contribution in [0.25, 0.3) is 0 Å². The number of benzene rings is 2. The number of hydrogen-bond donors (Lipinski definition) is 2. The monoisotopic (exact) mass is 488 g/mol. The van der Waals surface area contributed by atoms with Crippen molar-refractivity contribution in [3.05, 3.63) is 57.7 Å². The zero-order valence-electron chi connectivity index (χ0n) is 18.5. The molecule has 1 aromatic heterocycles. The molecule has 2 fully saturated rings. The fourth-order valence-electron chi connectivity index (χ4n) is 3.45. The molecule has 2 aromatic carbocycles. The highest BCUT2D eigenvalue weighted by Crippen LogP contribution is 2.48. The summed E-state index contributed by atoms with van der Waals surface area (Å²) in [4.78, 5) is 7.76. The van der Waals surface area contributed by atoms with E-state index in [9.17, 15) is 0 Å². The van der Waals surface area contributed by atoms with Gasteiger partial charge in [0.1, 0.15) is 17.2 Å². The first-order chi connectivity index (χ1) is 15.9. The molecule has 0 spiro atoms. The molecular formula is C24H26Cl2N4O3. The normalized spacial score (nSPS) is 14.8. The average molecular weight is 489 g/mol. The van der Waals surface area contributed by atoms with Crippen LogP contribution in [0.1, 0.15) is 48.6 Å². The molecule has 9 heteroatoms. The van der Waals surface area contributed by atoms with Crippen molar-refractivity contribution in [3.8, 4) is 23.0 Å². The number of nitrogen functional groups attached to an aromatic ring is 2. The van der Waals surface area contributed by atoms with Crippen molar-refractivity contribution in [2.45, 2.75) is 37.5 Å². The number of nitrogens with two attached hydrogens (primary N) is 2. The van der Waals surface area contributed by atoms with Gasteiger partial charge in [-0.3, -0.25) is 0 Å².